The van der Waals surface area contributed by atoms with E-state index in [1.54, 1.807) is 6.92 Å². The Hall–Kier alpha value is -5.11. The number of aryl methyl sites for hydroxylation is 1. The van der Waals surface area contributed by atoms with Gasteiger partial charge in [0.15, 0.2) is 30.2 Å². The topological polar surface area (TPSA) is 528 Å². The second kappa shape index (κ2) is 22.8. The standard InChI is InChI=1S/C36H51N13O25P4/c1-5-45(2)20(51)8-15-16(69-32(23(15)52)49-14-46(3)22-30(49)43-35(38)44-31(22)55)9-67-76(59,60)73-78(63,64)74-77(61,62)68-11-18-26(27(65-4)34(71-18)48-13-41-21-28(37)39-12-40-29(21)48)72-75(57,58)66-10-17-24(53)25(54)33(70-17)47-7-6-19(50)42-36(47)56/h6-7,12-18,23-27,32-34,52-54H,5,8-11H2,1-4H3,(H9-,37,38,39,40,42,43,44,50,55,56,57,58,59,60,61,62,63,64)/p+1/t15-,16-,17-,18-,23-,24-,25-,26-,27-,32?,33-,34-/m1/s1. The van der Waals surface area contributed by atoms with E-state index >= 15 is 0 Å². The maximum Gasteiger partial charge on any atom is 0.490 e. The lowest BCUT2D eigenvalue weighted by molar-refractivity contribution is -0.745. The number of phosphoric acid groups is 4. The minimum absolute atomic E-state index is 0.00132. The molecule has 3 aliphatic heterocycles. The summed E-state index contributed by atoms with van der Waals surface area (Å²) in [6, 6.07) is 0.921. The number of anilines is 2. The van der Waals surface area contributed by atoms with Crippen molar-refractivity contribution >= 4 is 71.3 Å². The predicted molar refractivity (Wildman–Crippen MR) is 253 cm³/mol. The van der Waals surface area contributed by atoms with E-state index in [9.17, 15) is 72.3 Å². The highest BCUT2D eigenvalue weighted by Gasteiger charge is 2.54. The zero-order valence-corrected chi connectivity index (χ0v) is 44.4. The summed E-state index contributed by atoms with van der Waals surface area (Å²) in [7, 11) is -19.6. The number of carbonyl (C=O) groups is 1. The van der Waals surface area contributed by atoms with Crippen molar-refractivity contribution in [3.63, 3.8) is 0 Å². The van der Waals surface area contributed by atoms with E-state index in [-0.39, 0.29) is 40.6 Å². The van der Waals surface area contributed by atoms with Crippen LogP contribution in [0, 0.1) is 5.92 Å². The number of nitrogens with one attached hydrogen (secondary N) is 2. The van der Waals surface area contributed by atoms with Crippen LogP contribution >= 0.6 is 31.3 Å². The number of methoxy groups -OCH3 is 1. The first-order valence-corrected chi connectivity index (χ1v) is 28.6. The van der Waals surface area contributed by atoms with Crippen LogP contribution in [0.1, 0.15) is 32.0 Å². The fourth-order valence-electron chi connectivity index (χ4n) is 8.66. The third-order valence-electron chi connectivity index (χ3n) is 12.5. The molecule has 38 nitrogen and oxygen atoms in total. The Kier molecular flexibility index (Phi) is 17.2. The van der Waals surface area contributed by atoms with Crippen molar-refractivity contribution < 1.29 is 108 Å². The predicted octanol–water partition coefficient (Wildman–Crippen LogP) is -3.75. The molecule has 3 aliphatic rings. The van der Waals surface area contributed by atoms with Crippen molar-refractivity contribution in [2.45, 2.75) is 80.9 Å². The number of nitrogens with zero attached hydrogens (tertiary/aromatic N) is 9. The number of nitrogen functional groups attached to an aromatic ring is 2. The maximum absolute atomic E-state index is 13.6. The Labute approximate surface area is 435 Å². The Morgan fingerprint density at radius 2 is 1.46 bits per heavy atom. The number of aromatic amines is 2. The third-order valence-corrected chi connectivity index (χ3v) is 17.7. The summed E-state index contributed by atoms with van der Waals surface area (Å²) >= 11 is 0. The molecule has 5 aromatic heterocycles. The highest BCUT2D eigenvalue weighted by molar-refractivity contribution is 7.66. The number of amides is 1. The average Bonchev–Trinajstić information content (AvgIpc) is 4.32. The van der Waals surface area contributed by atoms with Crippen LogP contribution in [0.4, 0.5) is 11.8 Å². The number of H-pyrrole nitrogens is 2. The van der Waals surface area contributed by atoms with Crippen LogP contribution in [0.5, 0.6) is 0 Å². The first-order chi connectivity index (χ1) is 36.5. The number of rotatable bonds is 22. The molecular weight excluding hydrogens is 1140 g/mol. The molecule has 0 radical (unpaired) electrons. The van der Waals surface area contributed by atoms with Gasteiger partial charge in [-0.2, -0.15) is 8.62 Å². The van der Waals surface area contributed by atoms with E-state index < -0.39 is 154 Å². The molecule has 3 fully saturated rings. The van der Waals surface area contributed by atoms with E-state index in [2.05, 4.69) is 33.5 Å². The van der Waals surface area contributed by atoms with Gasteiger partial charge in [-0.25, -0.2) is 42.6 Å². The number of phosphoric ester groups is 3. The highest BCUT2D eigenvalue weighted by atomic mass is 31.3. The molecule has 78 heavy (non-hydrogen) atoms. The molecule has 0 saturated carbocycles. The van der Waals surface area contributed by atoms with Crippen LogP contribution in [0.3, 0.4) is 0 Å². The Morgan fingerprint density at radius 3 is 2.12 bits per heavy atom. The van der Waals surface area contributed by atoms with Crippen LogP contribution < -0.4 is 32.8 Å². The van der Waals surface area contributed by atoms with Crippen LogP contribution in [0.15, 0.2) is 45.6 Å². The molecule has 16 atom stereocenters. The second-order valence-electron chi connectivity index (χ2n) is 17.5. The average molecular weight is 1190 g/mol. The molecule has 8 heterocycles. The zero-order chi connectivity index (χ0) is 57.0. The molecule has 42 heteroatoms. The van der Waals surface area contributed by atoms with E-state index in [0.29, 0.717) is 0 Å². The lowest BCUT2D eigenvalue weighted by Gasteiger charge is -2.26. The second-order valence-corrected chi connectivity index (χ2v) is 23.5. The fourth-order valence-corrected chi connectivity index (χ4v) is 13.1. The summed E-state index contributed by atoms with van der Waals surface area (Å²) in [6.45, 7) is -1.46. The van der Waals surface area contributed by atoms with Gasteiger partial charge in [-0.3, -0.25) is 56.1 Å². The van der Waals surface area contributed by atoms with Gasteiger partial charge in [-0.1, -0.05) is 4.98 Å². The normalized spacial score (nSPS) is 29.6. The van der Waals surface area contributed by atoms with Crippen molar-refractivity contribution in [2.24, 2.45) is 13.0 Å². The molecule has 0 spiro atoms. The van der Waals surface area contributed by atoms with Gasteiger partial charge in [-0.15, -0.1) is 0 Å². The first kappa shape index (κ1) is 59.0. The van der Waals surface area contributed by atoms with Gasteiger partial charge >= 0.3 is 42.6 Å². The minimum Gasteiger partial charge on any atom is -0.387 e. The van der Waals surface area contributed by atoms with Gasteiger partial charge in [0.1, 0.15) is 54.6 Å². The van der Waals surface area contributed by atoms with Gasteiger partial charge in [0.25, 0.3) is 17.1 Å². The van der Waals surface area contributed by atoms with Crippen LogP contribution in [-0.2, 0) is 75.8 Å². The van der Waals surface area contributed by atoms with Crippen molar-refractivity contribution in [3.8, 4) is 0 Å². The van der Waals surface area contributed by atoms with E-state index in [0.717, 1.165) is 36.6 Å². The summed E-state index contributed by atoms with van der Waals surface area (Å²) in [5, 5.41) is 32.8. The summed E-state index contributed by atoms with van der Waals surface area (Å²) < 4.78 is 110. The van der Waals surface area contributed by atoms with Crippen LogP contribution in [0.2, 0.25) is 0 Å². The molecule has 1 amide bonds. The molecule has 5 unspecified atom stereocenters. The largest absolute Gasteiger partial charge is 0.490 e. The van der Waals surface area contributed by atoms with Crippen molar-refractivity contribution in [1.29, 1.82) is 0 Å². The van der Waals surface area contributed by atoms with E-state index in [1.165, 1.54) is 39.0 Å². The van der Waals surface area contributed by atoms with Crippen molar-refractivity contribution in [3.05, 3.63) is 62.4 Å². The van der Waals surface area contributed by atoms with Crippen LogP contribution in [-0.4, -0.2) is 179 Å². The minimum atomic E-state index is -6.24. The number of aromatic nitrogens is 10. The highest BCUT2D eigenvalue weighted by Crippen LogP contribution is 2.68. The van der Waals surface area contributed by atoms with Crippen LogP contribution in [0.25, 0.3) is 22.3 Å². The molecule has 3 saturated heterocycles. The monoisotopic (exact) mass is 1190 g/mol. The van der Waals surface area contributed by atoms with Crippen molar-refractivity contribution in [2.75, 3.05) is 52.0 Å². The molecule has 8 rings (SSSR count). The molecule has 0 aromatic carbocycles. The lowest BCUT2D eigenvalue weighted by Crippen LogP contribution is -2.45. The van der Waals surface area contributed by atoms with E-state index in [4.69, 9.17) is 48.5 Å². The number of nitrogens with two attached hydrogens (primary N) is 2. The first-order valence-electron chi connectivity index (χ1n) is 22.7. The fraction of sp³-hybridized carbons (Fsp3) is 0.583. The van der Waals surface area contributed by atoms with Gasteiger partial charge in [-0.05, 0) is 6.92 Å². The molecular formula is C36H52N13O25P4+. The molecule has 13 N–H and O–H groups in total. The maximum atomic E-state index is 13.6. The SMILES string of the molecule is CCN(C)C(=O)C[C@@H]1[C@@H](COP(=O)(O)OP(=O)(O)OP(=O)(O)OC[C@H]2O[C@@H](n3cnc4c(N)ncnc43)[C@H](OC)[C@@H]2OP(=O)(O)OC[C@H]2O[C@@H](n3ccc(=O)[nH]c3=O)[C@H](O)[C@@H]2O)OC([n+]2cn(C)c3c(=O)[nH]c(N)nc32)[C@@H]1O. The summed E-state index contributed by atoms with van der Waals surface area (Å²) in [5.74, 6) is -2.16. The number of ether oxygens (including phenoxy) is 4. The zero-order valence-electron chi connectivity index (χ0n) is 40.8. The number of carbonyl (C=O) groups excluding carboxylic acids is 1. The number of hydrogen-bond acceptors (Lipinski definition) is 27. The summed E-state index contributed by atoms with van der Waals surface area (Å²) in [6.07, 6.45) is -14.3. The van der Waals surface area contributed by atoms with Gasteiger partial charge < -0.3 is 70.2 Å². The molecule has 0 aliphatic carbocycles. The van der Waals surface area contributed by atoms with Crippen molar-refractivity contribution in [1.82, 2.24) is 48.5 Å². The Morgan fingerprint density at radius 1 is 0.821 bits per heavy atom. The number of hydrogen-bond donors (Lipinski definition) is 11. The summed E-state index contributed by atoms with van der Waals surface area (Å²) in [5.41, 5.74) is 9.17. The number of imidazole rings is 2. The molecule has 0 bridgehead atoms. The van der Waals surface area contributed by atoms with Gasteiger partial charge in [0.2, 0.25) is 17.7 Å². The molecule has 430 valence electrons. The smallest absolute Gasteiger partial charge is 0.387 e. The lowest BCUT2D eigenvalue weighted by atomic mass is 9.94. The quantitative estimate of drug-likeness (QED) is 0.0234. The summed E-state index contributed by atoms with van der Waals surface area (Å²) in [4.78, 5) is 114. The molecule has 5 aromatic rings. The van der Waals surface area contributed by atoms with Gasteiger partial charge in [0, 0.05) is 45.3 Å². The van der Waals surface area contributed by atoms with E-state index in [1.807, 2.05) is 4.98 Å². The third kappa shape index (κ3) is 12.6. The Bertz CT molecular complexity index is 3430. The number of fused-ring (bicyclic) bond motifs is 2. The number of aliphatic hydroxyl groups is 3. The van der Waals surface area contributed by atoms with Gasteiger partial charge in [0.05, 0.1) is 39.3 Å². The number of aliphatic hydroxyl groups excluding tert-OH is 3. The Balaban J connectivity index is 0.953.